The first kappa shape index (κ1) is 12.6. The van der Waals surface area contributed by atoms with E-state index in [1.165, 1.54) is 0 Å². The Morgan fingerprint density at radius 2 is 1.75 bits per heavy atom. The Kier molecular flexibility index (Phi) is 4.37. The number of aliphatic hydroxyl groups is 1. The predicted molar refractivity (Wildman–Crippen MR) is 39.7 cm³/mol. The van der Waals surface area contributed by atoms with E-state index < -0.39 is 26.8 Å². The third-order valence-electron chi connectivity index (χ3n) is 0.826. The largest absolute Gasteiger partial charge is 0.370 e. The van der Waals surface area contributed by atoms with Crippen molar-refractivity contribution in [3.05, 3.63) is 0 Å². The number of alkyl halides is 1. The van der Waals surface area contributed by atoms with E-state index in [2.05, 4.69) is 4.52 Å². The second kappa shape index (κ2) is 4.17. The van der Waals surface area contributed by atoms with Crippen LogP contribution < -0.4 is 0 Å². The van der Waals surface area contributed by atoms with Gasteiger partial charge in [0.05, 0.1) is 0 Å². The molecule has 2 atom stereocenters. The Balaban J connectivity index is 4.58. The molecule has 0 aliphatic rings. The molecule has 0 spiro atoms. The normalized spacial score (nSPS) is 20.1. The highest BCUT2D eigenvalue weighted by molar-refractivity contribution is 7.70. The summed E-state index contributed by atoms with van der Waals surface area (Å²) in [5.74, 6) is 0. The number of hydrogen-bond acceptors (Lipinski definition) is 4. The minimum Gasteiger partial charge on any atom is -0.370 e. The fraction of sp³-hybridized carbons (Fsp3) is 1.00. The zero-order valence-electron chi connectivity index (χ0n) is 5.57. The Morgan fingerprint density at radius 1 is 1.33 bits per heavy atom. The molecule has 0 bridgehead atoms. The highest BCUT2D eigenvalue weighted by Gasteiger charge is 2.44. The van der Waals surface area contributed by atoms with Crippen LogP contribution in [0.5, 0.6) is 0 Å². The summed E-state index contributed by atoms with van der Waals surface area (Å²) in [6, 6.07) is -0.745. The lowest BCUT2D eigenvalue weighted by molar-refractivity contribution is 0.202. The van der Waals surface area contributed by atoms with Crippen LogP contribution in [-0.2, 0) is 13.7 Å². The summed E-state index contributed by atoms with van der Waals surface area (Å²) in [7, 11) is -9.79. The molecule has 0 aliphatic heterocycles. The van der Waals surface area contributed by atoms with Gasteiger partial charge in [0.2, 0.25) is 0 Å². The number of aliphatic hydroxyl groups excluding tert-OH is 1. The van der Waals surface area contributed by atoms with Crippen molar-refractivity contribution in [1.82, 2.24) is 0 Å². The SMILES string of the molecule is O=P(O)(O)C(O)P(=O)(O)OCCl. The molecule has 0 fully saturated rings. The molecule has 0 aromatic heterocycles. The van der Waals surface area contributed by atoms with Gasteiger partial charge in [-0.15, -0.1) is 0 Å². The summed E-state index contributed by atoms with van der Waals surface area (Å²) in [5, 5.41) is 8.58. The lowest BCUT2D eigenvalue weighted by atomic mass is 11.7. The van der Waals surface area contributed by atoms with E-state index >= 15 is 0 Å². The minimum atomic E-state index is -5.05. The van der Waals surface area contributed by atoms with E-state index in [0.717, 1.165) is 0 Å². The van der Waals surface area contributed by atoms with Gasteiger partial charge in [0.25, 0.3) is 5.59 Å². The lowest BCUT2D eigenvalue weighted by Crippen LogP contribution is -2.09. The van der Waals surface area contributed by atoms with E-state index in [1.807, 2.05) is 0 Å². The zero-order valence-corrected chi connectivity index (χ0v) is 8.12. The fourth-order valence-electron chi connectivity index (χ4n) is 0.327. The molecule has 0 saturated heterocycles. The quantitative estimate of drug-likeness (QED) is 0.397. The Bertz CT molecular complexity index is 234. The summed E-state index contributed by atoms with van der Waals surface area (Å²) < 4.78 is 24.8. The molecule has 0 saturated carbocycles. The molecule has 2 unspecified atom stereocenters. The van der Waals surface area contributed by atoms with E-state index in [-0.39, 0.29) is 0 Å². The number of halogens is 1. The summed E-state index contributed by atoms with van der Waals surface area (Å²) in [6.45, 7) is 0. The van der Waals surface area contributed by atoms with Gasteiger partial charge in [-0.05, 0) is 0 Å². The number of hydrogen-bond donors (Lipinski definition) is 4. The first-order chi connectivity index (χ1) is 5.22. The van der Waals surface area contributed by atoms with E-state index in [1.54, 1.807) is 0 Å². The predicted octanol–water partition coefficient (Wildman–Crippen LogP) is -0.162. The monoisotopic (exact) mass is 240 g/mol. The zero-order chi connectivity index (χ0) is 9.99. The topological polar surface area (TPSA) is 124 Å². The maximum atomic E-state index is 10.7. The molecule has 0 amide bonds. The molecule has 74 valence electrons. The highest BCUT2D eigenvalue weighted by atomic mass is 35.5. The van der Waals surface area contributed by atoms with E-state index in [9.17, 15) is 9.13 Å². The molecule has 0 aromatic rings. The van der Waals surface area contributed by atoms with Crippen molar-refractivity contribution in [2.45, 2.75) is 5.59 Å². The average molecular weight is 240 g/mol. The van der Waals surface area contributed by atoms with Crippen LogP contribution in [0, 0.1) is 0 Å². The van der Waals surface area contributed by atoms with Gasteiger partial charge in [-0.25, -0.2) is 0 Å². The van der Waals surface area contributed by atoms with Crippen molar-refractivity contribution in [3.63, 3.8) is 0 Å². The highest BCUT2D eigenvalue weighted by Crippen LogP contribution is 2.61. The van der Waals surface area contributed by atoms with Crippen molar-refractivity contribution in [1.29, 1.82) is 0 Å². The molecule has 0 rings (SSSR count). The van der Waals surface area contributed by atoms with E-state index in [0.29, 0.717) is 0 Å². The van der Waals surface area contributed by atoms with Crippen molar-refractivity contribution in [2.75, 3.05) is 6.07 Å². The minimum absolute atomic E-state index is 0.745. The van der Waals surface area contributed by atoms with Crippen molar-refractivity contribution in [2.24, 2.45) is 0 Å². The number of rotatable bonds is 4. The molecule has 12 heavy (non-hydrogen) atoms. The maximum Gasteiger partial charge on any atom is 0.370 e. The van der Waals surface area contributed by atoms with Crippen LogP contribution in [0.2, 0.25) is 0 Å². The first-order valence-electron chi connectivity index (χ1n) is 2.48. The van der Waals surface area contributed by atoms with Gasteiger partial charge in [-0.2, -0.15) is 0 Å². The van der Waals surface area contributed by atoms with Crippen LogP contribution in [0.4, 0.5) is 0 Å². The van der Waals surface area contributed by atoms with Crippen LogP contribution in [-0.4, -0.2) is 31.4 Å². The second-order valence-electron chi connectivity index (χ2n) is 1.74. The average Bonchev–Trinajstić information content (AvgIpc) is 1.84. The molecule has 10 heteroatoms. The van der Waals surface area contributed by atoms with E-state index in [4.69, 9.17) is 31.4 Å². The van der Waals surface area contributed by atoms with Gasteiger partial charge in [-0.3, -0.25) is 13.7 Å². The van der Waals surface area contributed by atoms with Crippen molar-refractivity contribution >= 4 is 26.8 Å². The van der Waals surface area contributed by atoms with Gasteiger partial charge in [-0.1, -0.05) is 11.6 Å². The van der Waals surface area contributed by atoms with Crippen LogP contribution in [0.25, 0.3) is 0 Å². The molecule has 0 aliphatic carbocycles. The lowest BCUT2D eigenvalue weighted by Gasteiger charge is -2.16. The molecule has 0 aromatic carbocycles. The van der Waals surface area contributed by atoms with Gasteiger partial charge in [0.15, 0.2) is 0 Å². The molecule has 0 radical (unpaired) electrons. The summed E-state index contributed by atoms with van der Waals surface area (Å²) in [4.78, 5) is 25.1. The first-order valence-corrected chi connectivity index (χ1v) is 6.34. The molecule has 7 nitrogen and oxygen atoms in total. The Morgan fingerprint density at radius 3 is 2.00 bits per heavy atom. The van der Waals surface area contributed by atoms with Crippen LogP contribution in [0.3, 0.4) is 0 Å². The van der Waals surface area contributed by atoms with Gasteiger partial charge in [0, 0.05) is 0 Å². The van der Waals surface area contributed by atoms with Crippen LogP contribution in [0.1, 0.15) is 0 Å². The Labute approximate surface area is 72.6 Å². The van der Waals surface area contributed by atoms with Crippen molar-refractivity contribution < 1.29 is 33.4 Å². The molecule has 4 N–H and O–H groups in total. The summed E-state index contributed by atoms with van der Waals surface area (Å²) in [6.07, 6.45) is 0. The summed E-state index contributed by atoms with van der Waals surface area (Å²) in [5.41, 5.74) is -2.75. The van der Waals surface area contributed by atoms with Crippen LogP contribution >= 0.6 is 26.8 Å². The van der Waals surface area contributed by atoms with Crippen LogP contribution in [0.15, 0.2) is 0 Å². The Hall–Kier alpha value is 0.550. The standard InChI is InChI=1S/C2H7ClO7P2/c3-1-10-12(8,9)2(4)11(5,6)7/h2,4H,1H2,(H,8,9)(H2,5,6,7). The van der Waals surface area contributed by atoms with Crippen molar-refractivity contribution in [3.8, 4) is 0 Å². The second-order valence-corrected chi connectivity index (χ2v) is 5.91. The molecular formula is C2H7ClO7P2. The maximum absolute atomic E-state index is 10.7. The van der Waals surface area contributed by atoms with Gasteiger partial charge < -0.3 is 19.8 Å². The smallest absolute Gasteiger partial charge is 0.370 e. The van der Waals surface area contributed by atoms with Gasteiger partial charge >= 0.3 is 15.2 Å². The summed E-state index contributed by atoms with van der Waals surface area (Å²) >= 11 is 4.86. The molecular weight excluding hydrogens is 233 g/mol. The fourth-order valence-corrected chi connectivity index (χ4v) is 2.74. The molecule has 0 heterocycles. The third kappa shape index (κ3) is 3.51. The van der Waals surface area contributed by atoms with Gasteiger partial charge in [0.1, 0.15) is 6.07 Å². The third-order valence-corrected chi connectivity index (χ3v) is 4.55.